The summed E-state index contributed by atoms with van der Waals surface area (Å²) in [6.07, 6.45) is 9.66. The summed E-state index contributed by atoms with van der Waals surface area (Å²) in [4.78, 5) is 0. The number of hydrogen-bond acceptors (Lipinski definition) is 2. The molecule has 0 radical (unpaired) electrons. The standard InChI is InChI=1S/C21H27O2P.C17H19P.2CH3.Fe/c1-17(23-16-15-22)20-13-8-14-21(20)24(18-9-4-2-5-10-18)19-11-6-3-7-12-19;1-3-9-15(10-4-1)18(17-13-7-8-14-17)16-11-5-2-6-12-16;;;/h2-7,9-12,17,20-22H,8,13-16H2,1H3;1-6,9-12,17H,7-8,13-14H2;2*1H3;/q;;2*-1;+2/t17-,20?,21?;;;;/m1..../s1. The molecule has 2 aliphatic rings. The fourth-order valence-corrected chi connectivity index (χ4v) is 13.1. The van der Waals surface area contributed by atoms with Crippen LogP contribution in [0.1, 0.15) is 51.9 Å². The molecule has 2 aliphatic carbocycles. The third-order valence-corrected chi connectivity index (χ3v) is 14.7. The normalized spacial score (nSPS) is 18.2. The molecule has 0 saturated heterocycles. The van der Waals surface area contributed by atoms with E-state index in [-0.39, 0.29) is 60.5 Å². The van der Waals surface area contributed by atoms with E-state index in [9.17, 15) is 0 Å². The molecule has 6 rings (SSSR count). The van der Waals surface area contributed by atoms with Crippen molar-refractivity contribution in [3.8, 4) is 0 Å². The Bertz CT molecular complexity index is 1210. The van der Waals surface area contributed by atoms with Crippen molar-refractivity contribution in [3.05, 3.63) is 136 Å². The van der Waals surface area contributed by atoms with Gasteiger partial charge in [0.2, 0.25) is 0 Å². The molecule has 0 heterocycles. The van der Waals surface area contributed by atoms with Crippen molar-refractivity contribution in [2.45, 2.75) is 69.3 Å². The predicted molar refractivity (Wildman–Crippen MR) is 197 cm³/mol. The quantitative estimate of drug-likeness (QED) is 0.103. The Hall–Kier alpha value is -1.82. The van der Waals surface area contributed by atoms with Gasteiger partial charge in [-0.2, -0.15) is 0 Å². The van der Waals surface area contributed by atoms with Crippen LogP contribution in [-0.2, 0) is 21.8 Å². The van der Waals surface area contributed by atoms with E-state index in [4.69, 9.17) is 9.84 Å². The zero-order valence-corrected chi connectivity index (χ0v) is 30.2. The summed E-state index contributed by atoms with van der Waals surface area (Å²) in [5, 5.41) is 15.1. The van der Waals surface area contributed by atoms with Gasteiger partial charge in [0.1, 0.15) is 0 Å². The Morgan fingerprint density at radius 2 is 1.00 bits per heavy atom. The van der Waals surface area contributed by atoms with Crippen molar-refractivity contribution in [2.75, 3.05) is 13.2 Å². The van der Waals surface area contributed by atoms with Crippen LogP contribution in [0.4, 0.5) is 0 Å². The van der Waals surface area contributed by atoms with Gasteiger partial charge in [0.25, 0.3) is 0 Å². The molecule has 2 unspecified atom stereocenters. The Balaban J connectivity index is 0.000000303. The van der Waals surface area contributed by atoms with Gasteiger partial charge in [-0.25, -0.2) is 0 Å². The summed E-state index contributed by atoms with van der Waals surface area (Å²) in [7, 11) is -0.533. The molecule has 3 atom stereocenters. The molecule has 45 heavy (non-hydrogen) atoms. The maximum atomic E-state index is 9.07. The molecular formula is C40H52FeO2P2. The van der Waals surface area contributed by atoms with Crippen LogP contribution in [-0.4, -0.2) is 35.7 Å². The van der Waals surface area contributed by atoms with E-state index in [0.29, 0.717) is 18.2 Å². The van der Waals surface area contributed by atoms with E-state index in [1.54, 1.807) is 10.6 Å². The van der Waals surface area contributed by atoms with Crippen molar-refractivity contribution in [1.29, 1.82) is 0 Å². The molecule has 5 heteroatoms. The van der Waals surface area contributed by atoms with Crippen LogP contribution in [0.3, 0.4) is 0 Å². The third kappa shape index (κ3) is 10.9. The zero-order chi connectivity index (χ0) is 29.0. The maximum absolute atomic E-state index is 9.07. The number of benzene rings is 4. The van der Waals surface area contributed by atoms with Crippen molar-refractivity contribution in [1.82, 2.24) is 0 Å². The molecule has 0 aliphatic heterocycles. The van der Waals surface area contributed by atoms with Crippen LogP contribution in [0, 0.1) is 20.8 Å². The SMILES string of the molecule is C[C@@H](OCCO)C1CCCC1P(c1ccccc1)c1ccccc1.[CH3-].[CH3-].[Fe+2].c1ccc(P(c2ccccc2)C2CCCC2)cc1. The summed E-state index contributed by atoms with van der Waals surface area (Å²) in [6, 6.07) is 44.2. The molecule has 242 valence electrons. The second-order valence-electron chi connectivity index (χ2n) is 11.5. The minimum Gasteiger partial charge on any atom is -0.394 e. The molecule has 4 aromatic carbocycles. The molecule has 0 spiro atoms. The average Bonchev–Trinajstić information content (AvgIpc) is 3.76. The van der Waals surface area contributed by atoms with E-state index >= 15 is 0 Å². The van der Waals surface area contributed by atoms with Crippen molar-refractivity contribution < 1.29 is 26.9 Å². The number of ether oxygens (including phenoxy) is 1. The van der Waals surface area contributed by atoms with Gasteiger partial charge < -0.3 is 24.7 Å². The molecule has 0 amide bonds. The first-order valence-electron chi connectivity index (χ1n) is 15.8. The van der Waals surface area contributed by atoms with Gasteiger partial charge in [0.15, 0.2) is 0 Å². The fraction of sp³-hybridized carbons (Fsp3) is 0.350. The summed E-state index contributed by atoms with van der Waals surface area (Å²) in [5.74, 6) is 0.572. The van der Waals surface area contributed by atoms with Gasteiger partial charge in [0.05, 0.1) is 19.3 Å². The first kappa shape index (κ1) is 39.4. The Morgan fingerprint density at radius 1 is 0.600 bits per heavy atom. The predicted octanol–water partition coefficient (Wildman–Crippen LogP) is 8.65. The van der Waals surface area contributed by atoms with Crippen LogP contribution in [0.15, 0.2) is 121 Å². The van der Waals surface area contributed by atoms with Crippen LogP contribution >= 0.6 is 15.8 Å². The minimum atomic E-state index is -0.381. The van der Waals surface area contributed by atoms with E-state index in [2.05, 4.69) is 128 Å². The van der Waals surface area contributed by atoms with Gasteiger partial charge in [-0.15, -0.1) is 0 Å². The molecule has 2 fully saturated rings. The fourth-order valence-electron chi connectivity index (χ4n) is 6.82. The van der Waals surface area contributed by atoms with Gasteiger partial charge in [-0.3, -0.25) is 0 Å². The molecule has 2 saturated carbocycles. The second-order valence-corrected chi connectivity index (χ2v) is 16.4. The van der Waals surface area contributed by atoms with E-state index < -0.39 is 0 Å². The topological polar surface area (TPSA) is 29.5 Å². The van der Waals surface area contributed by atoms with Gasteiger partial charge in [0, 0.05) is 0 Å². The number of hydrogen-bond donors (Lipinski definition) is 1. The van der Waals surface area contributed by atoms with E-state index in [1.807, 2.05) is 0 Å². The molecule has 0 bridgehead atoms. The molecule has 1 N–H and O–H groups in total. The van der Waals surface area contributed by atoms with Gasteiger partial charge in [-0.05, 0) is 86.9 Å². The zero-order valence-electron chi connectivity index (χ0n) is 27.3. The van der Waals surface area contributed by atoms with E-state index in [1.165, 1.54) is 55.6 Å². The van der Waals surface area contributed by atoms with Crippen LogP contribution < -0.4 is 21.2 Å². The van der Waals surface area contributed by atoms with Crippen molar-refractivity contribution in [2.24, 2.45) is 5.92 Å². The monoisotopic (exact) mass is 682 g/mol. The first-order chi connectivity index (χ1) is 20.8. The Kier molecular flexibility index (Phi) is 18.5. The van der Waals surface area contributed by atoms with Crippen LogP contribution in [0.2, 0.25) is 0 Å². The number of rotatable bonds is 10. The number of aliphatic hydroxyl groups excluding tert-OH is 1. The maximum Gasteiger partial charge on any atom is 2.00 e. The summed E-state index contributed by atoms with van der Waals surface area (Å²) in [5.41, 5.74) is 1.54. The second kappa shape index (κ2) is 21.1. The van der Waals surface area contributed by atoms with Crippen LogP contribution in [0.5, 0.6) is 0 Å². The molecule has 2 nitrogen and oxygen atoms in total. The first-order valence-corrected chi connectivity index (χ1v) is 18.6. The minimum absolute atomic E-state index is 0. The summed E-state index contributed by atoms with van der Waals surface area (Å²) in [6.45, 7) is 2.73. The largest absolute Gasteiger partial charge is 2.00 e. The number of aliphatic hydroxyl groups is 1. The molecular weight excluding hydrogens is 630 g/mol. The Labute approximate surface area is 287 Å². The van der Waals surface area contributed by atoms with E-state index in [0.717, 1.165) is 5.66 Å². The van der Waals surface area contributed by atoms with Crippen LogP contribution in [0.25, 0.3) is 0 Å². The third-order valence-electron chi connectivity index (χ3n) is 8.77. The molecule has 0 aromatic heterocycles. The Morgan fingerprint density at radius 3 is 1.40 bits per heavy atom. The molecule has 4 aromatic rings. The van der Waals surface area contributed by atoms with Crippen molar-refractivity contribution in [3.63, 3.8) is 0 Å². The van der Waals surface area contributed by atoms with Gasteiger partial charge in [-0.1, -0.05) is 141 Å². The smallest absolute Gasteiger partial charge is 0.394 e. The van der Waals surface area contributed by atoms with Crippen molar-refractivity contribution >= 4 is 37.1 Å². The average molecular weight is 683 g/mol. The summed E-state index contributed by atoms with van der Waals surface area (Å²) >= 11 is 0. The summed E-state index contributed by atoms with van der Waals surface area (Å²) < 4.78 is 5.89. The van der Waals surface area contributed by atoms with Gasteiger partial charge >= 0.3 is 17.1 Å².